The molecule has 0 fully saturated rings. The molecule has 1 amide bonds. The van der Waals surface area contributed by atoms with Gasteiger partial charge in [-0.3, -0.25) is 14.2 Å². The van der Waals surface area contributed by atoms with Crippen LogP contribution in [0.3, 0.4) is 0 Å². The minimum Gasteiger partial charge on any atom is -0.497 e. The Hall–Kier alpha value is -3.15. The molecule has 0 aliphatic rings. The number of benzene rings is 2. The molecule has 1 atom stereocenters. The van der Waals surface area contributed by atoms with Crippen molar-refractivity contribution in [1.29, 1.82) is 0 Å². The lowest BCUT2D eigenvalue weighted by atomic mass is 10.0. The monoisotopic (exact) mass is 351 g/mol. The zero-order chi connectivity index (χ0) is 18.5. The summed E-state index contributed by atoms with van der Waals surface area (Å²) in [5.41, 5.74) is 2.03. The van der Waals surface area contributed by atoms with Gasteiger partial charge >= 0.3 is 0 Å². The van der Waals surface area contributed by atoms with Crippen molar-refractivity contribution in [3.63, 3.8) is 0 Å². The van der Waals surface area contributed by atoms with Crippen LogP contribution in [0.4, 0.5) is 0 Å². The minimum absolute atomic E-state index is 0.0471. The summed E-state index contributed by atoms with van der Waals surface area (Å²) in [4.78, 5) is 28.8. The molecule has 0 saturated heterocycles. The molecule has 1 N–H and O–H groups in total. The van der Waals surface area contributed by atoms with Crippen LogP contribution in [0, 0.1) is 0 Å². The van der Waals surface area contributed by atoms with E-state index in [1.54, 1.807) is 13.2 Å². The third-order valence-electron chi connectivity index (χ3n) is 4.32. The van der Waals surface area contributed by atoms with Crippen molar-refractivity contribution in [3.8, 4) is 5.75 Å². The van der Waals surface area contributed by atoms with Crippen LogP contribution >= 0.6 is 0 Å². The second-order valence-corrected chi connectivity index (χ2v) is 5.97. The predicted molar refractivity (Wildman–Crippen MR) is 100 cm³/mol. The maximum atomic E-state index is 12.6. The second-order valence-electron chi connectivity index (χ2n) is 5.97. The normalized spacial score (nSPS) is 11.9. The van der Waals surface area contributed by atoms with Crippen molar-refractivity contribution in [1.82, 2.24) is 14.9 Å². The average molecular weight is 351 g/mol. The lowest BCUT2D eigenvalue weighted by Crippen LogP contribution is -2.34. The Balaban J connectivity index is 1.79. The maximum absolute atomic E-state index is 12.6. The molecule has 1 heterocycles. The van der Waals surface area contributed by atoms with Crippen molar-refractivity contribution in [2.75, 3.05) is 7.11 Å². The van der Waals surface area contributed by atoms with Gasteiger partial charge in [-0.15, -0.1) is 0 Å². The molecule has 1 aromatic heterocycles. The number of amides is 1. The largest absolute Gasteiger partial charge is 0.497 e. The Morgan fingerprint density at radius 1 is 1.19 bits per heavy atom. The summed E-state index contributed by atoms with van der Waals surface area (Å²) < 4.78 is 6.61. The van der Waals surface area contributed by atoms with Crippen LogP contribution in [-0.2, 0) is 11.3 Å². The first-order valence-electron chi connectivity index (χ1n) is 8.50. The molecule has 0 aliphatic carbocycles. The number of carbonyl (C=O) groups is 1. The van der Waals surface area contributed by atoms with Gasteiger partial charge in [0.2, 0.25) is 5.91 Å². The topological polar surface area (TPSA) is 73.2 Å². The third-order valence-corrected chi connectivity index (χ3v) is 4.32. The van der Waals surface area contributed by atoms with Crippen molar-refractivity contribution >= 4 is 16.9 Å². The first-order chi connectivity index (χ1) is 12.6. The number of methoxy groups -OCH3 is 1. The van der Waals surface area contributed by atoms with Crippen molar-refractivity contribution in [2.45, 2.75) is 25.9 Å². The standard InChI is InChI=1S/C20H21N3O3/c1-3-16(14-8-10-15(26-2)11-9-14)22-19(24)13-23-18-7-5-4-6-17(18)21-12-20(23)25/h4-12,16H,3,13H2,1-2H3,(H,22,24). The highest BCUT2D eigenvalue weighted by molar-refractivity contribution is 5.80. The van der Waals surface area contributed by atoms with E-state index >= 15 is 0 Å². The Bertz CT molecular complexity index is 964. The van der Waals surface area contributed by atoms with Gasteiger partial charge in [-0.1, -0.05) is 31.2 Å². The van der Waals surface area contributed by atoms with Crippen molar-refractivity contribution in [3.05, 3.63) is 70.6 Å². The fourth-order valence-electron chi connectivity index (χ4n) is 2.92. The number of rotatable bonds is 6. The Kier molecular flexibility index (Phi) is 5.31. The molecule has 0 spiro atoms. The number of nitrogens with zero attached hydrogens (tertiary/aromatic N) is 2. The molecule has 134 valence electrons. The minimum atomic E-state index is -0.295. The Morgan fingerprint density at radius 2 is 1.92 bits per heavy atom. The van der Waals surface area contributed by atoms with Crippen LogP contribution in [0.5, 0.6) is 5.75 Å². The van der Waals surface area contributed by atoms with Gasteiger partial charge in [0, 0.05) is 0 Å². The zero-order valence-electron chi connectivity index (χ0n) is 14.8. The van der Waals surface area contributed by atoms with E-state index in [0.29, 0.717) is 11.0 Å². The van der Waals surface area contributed by atoms with Crippen molar-refractivity contribution < 1.29 is 9.53 Å². The van der Waals surface area contributed by atoms with E-state index in [9.17, 15) is 9.59 Å². The summed E-state index contributed by atoms with van der Waals surface area (Å²) in [5, 5.41) is 3.00. The van der Waals surface area contributed by atoms with Gasteiger partial charge < -0.3 is 10.1 Å². The van der Waals surface area contributed by atoms with Gasteiger partial charge in [0.15, 0.2) is 0 Å². The third kappa shape index (κ3) is 3.74. The van der Waals surface area contributed by atoms with Crippen LogP contribution in [0.25, 0.3) is 11.0 Å². The summed E-state index contributed by atoms with van der Waals surface area (Å²) in [6.07, 6.45) is 1.99. The first-order valence-corrected chi connectivity index (χ1v) is 8.50. The number of ether oxygens (including phenoxy) is 1. The van der Waals surface area contributed by atoms with Crippen LogP contribution in [0.1, 0.15) is 24.9 Å². The molecular weight excluding hydrogens is 330 g/mol. The lowest BCUT2D eigenvalue weighted by molar-refractivity contribution is -0.122. The predicted octanol–water partition coefficient (Wildman–Crippen LogP) is 2.67. The molecular formula is C20H21N3O3. The second kappa shape index (κ2) is 7.82. The van der Waals surface area contributed by atoms with Gasteiger partial charge in [0.1, 0.15) is 12.3 Å². The summed E-state index contributed by atoms with van der Waals surface area (Å²) in [5.74, 6) is 0.552. The van der Waals surface area contributed by atoms with Crippen molar-refractivity contribution in [2.24, 2.45) is 0 Å². The first kappa shape index (κ1) is 17.7. The van der Waals surface area contributed by atoms with Gasteiger partial charge in [0.25, 0.3) is 5.56 Å². The quantitative estimate of drug-likeness (QED) is 0.741. The highest BCUT2D eigenvalue weighted by Gasteiger charge is 2.15. The Labute approximate surface area is 151 Å². The lowest BCUT2D eigenvalue weighted by Gasteiger charge is -2.18. The molecule has 6 heteroatoms. The summed E-state index contributed by atoms with van der Waals surface area (Å²) in [6.45, 7) is 1.96. The maximum Gasteiger partial charge on any atom is 0.269 e. The molecule has 1 unspecified atom stereocenters. The number of hydrogen-bond donors (Lipinski definition) is 1. The zero-order valence-corrected chi connectivity index (χ0v) is 14.8. The molecule has 0 radical (unpaired) electrons. The van der Waals surface area contributed by atoms with E-state index in [1.165, 1.54) is 10.8 Å². The fourth-order valence-corrected chi connectivity index (χ4v) is 2.92. The summed E-state index contributed by atoms with van der Waals surface area (Å²) >= 11 is 0. The number of fused-ring (bicyclic) bond motifs is 1. The molecule has 6 nitrogen and oxygen atoms in total. The molecule has 3 rings (SSSR count). The van der Waals surface area contributed by atoms with Gasteiger partial charge in [-0.2, -0.15) is 0 Å². The van der Waals surface area contributed by atoms with Crippen LogP contribution in [0.2, 0.25) is 0 Å². The van der Waals surface area contributed by atoms with Crippen LogP contribution in [0.15, 0.2) is 59.5 Å². The van der Waals surface area contributed by atoms with E-state index in [-0.39, 0.29) is 24.1 Å². The van der Waals surface area contributed by atoms with Gasteiger partial charge in [-0.25, -0.2) is 4.98 Å². The van der Waals surface area contributed by atoms with E-state index < -0.39 is 0 Å². The summed E-state index contributed by atoms with van der Waals surface area (Å²) in [6, 6.07) is 14.7. The molecule has 0 bridgehead atoms. The molecule has 2 aromatic carbocycles. The van der Waals surface area contributed by atoms with Gasteiger partial charge in [-0.05, 0) is 36.2 Å². The number of aromatic nitrogens is 2. The molecule has 0 saturated carbocycles. The molecule has 0 aliphatic heterocycles. The molecule has 26 heavy (non-hydrogen) atoms. The number of nitrogens with one attached hydrogen (secondary N) is 1. The van der Waals surface area contributed by atoms with Gasteiger partial charge in [0.05, 0.1) is 30.4 Å². The average Bonchev–Trinajstić information content (AvgIpc) is 2.68. The fraction of sp³-hybridized carbons (Fsp3) is 0.250. The SMILES string of the molecule is CCC(NC(=O)Cn1c(=O)cnc2ccccc21)c1ccc(OC)cc1. The highest BCUT2D eigenvalue weighted by atomic mass is 16.5. The van der Waals surface area contributed by atoms with E-state index in [4.69, 9.17) is 4.74 Å². The molecule has 3 aromatic rings. The number of para-hydroxylation sites is 2. The number of hydrogen-bond acceptors (Lipinski definition) is 4. The van der Waals surface area contributed by atoms with E-state index in [2.05, 4.69) is 10.3 Å². The summed E-state index contributed by atoms with van der Waals surface area (Å²) in [7, 11) is 1.62. The number of carbonyl (C=O) groups excluding carboxylic acids is 1. The van der Waals surface area contributed by atoms with E-state index in [0.717, 1.165) is 17.7 Å². The van der Waals surface area contributed by atoms with Crippen LogP contribution in [-0.4, -0.2) is 22.6 Å². The Morgan fingerprint density at radius 3 is 2.62 bits per heavy atom. The van der Waals surface area contributed by atoms with E-state index in [1.807, 2.05) is 49.4 Å². The highest BCUT2D eigenvalue weighted by Crippen LogP contribution is 2.20. The van der Waals surface area contributed by atoms with Crippen LogP contribution < -0.4 is 15.6 Å². The smallest absolute Gasteiger partial charge is 0.269 e.